The average Bonchev–Trinajstić information content (AvgIpc) is 2.35. The van der Waals surface area contributed by atoms with Gasteiger partial charge in [0.25, 0.3) is 5.56 Å². The van der Waals surface area contributed by atoms with Crippen LogP contribution in [0.3, 0.4) is 0 Å². The SMILES string of the molecule is COCCN(C)CCNC(C)c1c(C)nc(C)[nH]c1=O. The van der Waals surface area contributed by atoms with E-state index in [1.807, 2.05) is 13.8 Å². The van der Waals surface area contributed by atoms with Crippen LogP contribution < -0.4 is 10.9 Å². The molecule has 0 aliphatic heterocycles. The molecule has 0 aliphatic carbocycles. The number of hydrogen-bond donors (Lipinski definition) is 2. The molecule has 1 aromatic heterocycles. The van der Waals surface area contributed by atoms with E-state index in [4.69, 9.17) is 4.74 Å². The van der Waals surface area contributed by atoms with E-state index in [2.05, 4.69) is 27.2 Å². The number of H-pyrrole nitrogens is 1. The molecule has 0 aliphatic rings. The summed E-state index contributed by atoms with van der Waals surface area (Å²) in [7, 11) is 3.75. The summed E-state index contributed by atoms with van der Waals surface area (Å²) in [6.45, 7) is 9.01. The number of ether oxygens (including phenoxy) is 1. The Morgan fingerprint density at radius 3 is 2.70 bits per heavy atom. The third-order valence-electron chi connectivity index (χ3n) is 3.32. The number of methoxy groups -OCH3 is 1. The lowest BCUT2D eigenvalue weighted by atomic mass is 10.1. The maximum Gasteiger partial charge on any atom is 0.255 e. The molecule has 0 saturated heterocycles. The Bertz CT molecular complexity index is 473. The molecule has 1 rings (SSSR count). The van der Waals surface area contributed by atoms with Crippen LogP contribution in [0.15, 0.2) is 4.79 Å². The van der Waals surface area contributed by atoms with Crippen LogP contribution in [0.25, 0.3) is 0 Å². The Hall–Kier alpha value is -1.24. The number of nitrogens with zero attached hydrogens (tertiary/aromatic N) is 2. The molecule has 0 saturated carbocycles. The Morgan fingerprint density at radius 2 is 2.10 bits per heavy atom. The zero-order valence-electron chi connectivity index (χ0n) is 13.1. The summed E-state index contributed by atoms with van der Waals surface area (Å²) in [5, 5.41) is 3.36. The first-order chi connectivity index (χ1) is 9.45. The molecule has 0 aromatic carbocycles. The second-order valence-corrected chi connectivity index (χ2v) is 5.12. The normalized spacial score (nSPS) is 12.9. The van der Waals surface area contributed by atoms with Gasteiger partial charge < -0.3 is 19.9 Å². The van der Waals surface area contributed by atoms with Crippen molar-refractivity contribution in [1.82, 2.24) is 20.2 Å². The number of rotatable bonds is 8. The lowest BCUT2D eigenvalue weighted by Crippen LogP contribution is -2.34. The van der Waals surface area contributed by atoms with E-state index < -0.39 is 0 Å². The van der Waals surface area contributed by atoms with Crippen LogP contribution in [0, 0.1) is 13.8 Å². The third-order valence-corrected chi connectivity index (χ3v) is 3.32. The summed E-state index contributed by atoms with van der Waals surface area (Å²) in [5.74, 6) is 0.655. The zero-order chi connectivity index (χ0) is 15.1. The molecule has 0 bridgehead atoms. The predicted octanol–water partition coefficient (Wildman–Crippen LogP) is 0.616. The number of aromatic amines is 1. The van der Waals surface area contributed by atoms with Crippen LogP contribution in [-0.2, 0) is 4.74 Å². The highest BCUT2D eigenvalue weighted by Gasteiger charge is 2.14. The largest absolute Gasteiger partial charge is 0.383 e. The molecule has 1 heterocycles. The van der Waals surface area contributed by atoms with E-state index in [9.17, 15) is 4.79 Å². The maximum atomic E-state index is 12.0. The van der Waals surface area contributed by atoms with E-state index in [1.165, 1.54) is 0 Å². The van der Waals surface area contributed by atoms with Crippen molar-refractivity contribution in [3.05, 3.63) is 27.4 Å². The van der Waals surface area contributed by atoms with Crippen molar-refractivity contribution in [1.29, 1.82) is 0 Å². The summed E-state index contributed by atoms with van der Waals surface area (Å²) < 4.78 is 5.04. The van der Waals surface area contributed by atoms with Crippen LogP contribution in [0.2, 0.25) is 0 Å². The summed E-state index contributed by atoms with van der Waals surface area (Å²) >= 11 is 0. The van der Waals surface area contributed by atoms with Crippen LogP contribution in [0.5, 0.6) is 0 Å². The third kappa shape index (κ3) is 5.03. The molecule has 0 spiro atoms. The molecule has 6 heteroatoms. The highest BCUT2D eigenvalue weighted by molar-refractivity contribution is 5.19. The first-order valence-electron chi connectivity index (χ1n) is 6.94. The topological polar surface area (TPSA) is 70.2 Å². The van der Waals surface area contributed by atoms with Crippen molar-refractivity contribution in [2.45, 2.75) is 26.8 Å². The molecule has 114 valence electrons. The summed E-state index contributed by atoms with van der Waals surface area (Å²) in [4.78, 5) is 21.2. The van der Waals surface area contributed by atoms with Crippen LogP contribution in [-0.4, -0.2) is 55.3 Å². The second kappa shape index (κ2) is 8.14. The van der Waals surface area contributed by atoms with Gasteiger partial charge in [0.05, 0.1) is 12.2 Å². The first-order valence-corrected chi connectivity index (χ1v) is 6.94. The highest BCUT2D eigenvalue weighted by atomic mass is 16.5. The summed E-state index contributed by atoms with van der Waals surface area (Å²) in [6, 6.07) is -0.0114. The lowest BCUT2D eigenvalue weighted by molar-refractivity contribution is 0.161. The predicted molar refractivity (Wildman–Crippen MR) is 80.1 cm³/mol. The first kappa shape index (κ1) is 16.8. The van der Waals surface area contributed by atoms with Crippen LogP contribution in [0.1, 0.15) is 30.0 Å². The van der Waals surface area contributed by atoms with Gasteiger partial charge in [-0.15, -0.1) is 0 Å². The van der Waals surface area contributed by atoms with E-state index in [0.29, 0.717) is 5.82 Å². The van der Waals surface area contributed by atoms with Crippen molar-refractivity contribution < 1.29 is 4.74 Å². The Kier molecular flexibility index (Phi) is 6.84. The van der Waals surface area contributed by atoms with Gasteiger partial charge >= 0.3 is 0 Å². The lowest BCUT2D eigenvalue weighted by Gasteiger charge is -2.19. The smallest absolute Gasteiger partial charge is 0.255 e. The fraction of sp³-hybridized carbons (Fsp3) is 0.714. The molecule has 20 heavy (non-hydrogen) atoms. The molecule has 1 unspecified atom stereocenters. The van der Waals surface area contributed by atoms with Crippen LogP contribution in [0.4, 0.5) is 0 Å². The van der Waals surface area contributed by atoms with Crippen molar-refractivity contribution in [2.24, 2.45) is 0 Å². The van der Waals surface area contributed by atoms with Gasteiger partial charge in [-0.3, -0.25) is 4.79 Å². The van der Waals surface area contributed by atoms with Gasteiger partial charge in [-0.25, -0.2) is 4.98 Å². The molecular weight excluding hydrogens is 256 g/mol. The maximum absolute atomic E-state index is 12.0. The van der Waals surface area contributed by atoms with Gasteiger partial charge in [0, 0.05) is 38.5 Å². The monoisotopic (exact) mass is 282 g/mol. The molecule has 2 N–H and O–H groups in total. The van der Waals surface area contributed by atoms with Gasteiger partial charge in [0.2, 0.25) is 0 Å². The number of aromatic nitrogens is 2. The zero-order valence-corrected chi connectivity index (χ0v) is 13.1. The minimum Gasteiger partial charge on any atom is -0.383 e. The quantitative estimate of drug-likeness (QED) is 0.731. The van der Waals surface area contributed by atoms with E-state index >= 15 is 0 Å². The van der Waals surface area contributed by atoms with E-state index in [0.717, 1.165) is 37.5 Å². The number of nitrogens with one attached hydrogen (secondary N) is 2. The van der Waals surface area contributed by atoms with Crippen LogP contribution >= 0.6 is 0 Å². The Balaban J connectivity index is 2.51. The van der Waals surface area contributed by atoms with Gasteiger partial charge in [-0.05, 0) is 27.8 Å². The van der Waals surface area contributed by atoms with Gasteiger partial charge in [0.1, 0.15) is 5.82 Å². The van der Waals surface area contributed by atoms with E-state index in [1.54, 1.807) is 14.0 Å². The molecular formula is C14H26N4O2. The summed E-state index contributed by atoms with van der Waals surface area (Å²) in [6.07, 6.45) is 0. The summed E-state index contributed by atoms with van der Waals surface area (Å²) in [5.41, 5.74) is 1.46. The molecule has 0 amide bonds. The van der Waals surface area contributed by atoms with Crippen molar-refractivity contribution >= 4 is 0 Å². The Morgan fingerprint density at radius 1 is 1.40 bits per heavy atom. The molecule has 0 fully saturated rings. The fourth-order valence-electron chi connectivity index (χ4n) is 2.18. The standard InChI is InChI=1S/C14H26N4O2/c1-10(15-6-7-18(4)8-9-20-5)13-11(2)16-12(3)17-14(13)19/h10,15H,6-9H2,1-5H3,(H,16,17,19). The fourth-order valence-corrected chi connectivity index (χ4v) is 2.18. The number of hydrogen-bond acceptors (Lipinski definition) is 5. The molecule has 6 nitrogen and oxygen atoms in total. The van der Waals surface area contributed by atoms with Crippen molar-refractivity contribution in [3.8, 4) is 0 Å². The highest BCUT2D eigenvalue weighted by Crippen LogP contribution is 2.10. The Labute approximate surface area is 120 Å². The van der Waals surface area contributed by atoms with Gasteiger partial charge in [-0.1, -0.05) is 0 Å². The molecule has 1 aromatic rings. The van der Waals surface area contributed by atoms with Gasteiger partial charge in [-0.2, -0.15) is 0 Å². The number of likely N-dealkylation sites (N-methyl/N-ethyl adjacent to an activating group) is 1. The van der Waals surface area contributed by atoms with Crippen molar-refractivity contribution in [2.75, 3.05) is 40.4 Å². The number of aryl methyl sites for hydroxylation is 2. The second-order valence-electron chi connectivity index (χ2n) is 5.12. The molecule has 1 atom stereocenters. The van der Waals surface area contributed by atoms with E-state index in [-0.39, 0.29) is 11.6 Å². The van der Waals surface area contributed by atoms with Crippen molar-refractivity contribution in [3.63, 3.8) is 0 Å². The molecule has 0 radical (unpaired) electrons. The minimum atomic E-state index is -0.0530. The average molecular weight is 282 g/mol. The minimum absolute atomic E-state index is 0.0114. The van der Waals surface area contributed by atoms with Gasteiger partial charge in [0.15, 0.2) is 0 Å².